The van der Waals surface area contributed by atoms with Gasteiger partial charge in [0.2, 0.25) is 0 Å². The fourth-order valence-corrected chi connectivity index (χ4v) is 4.04. The van der Waals surface area contributed by atoms with Crippen molar-refractivity contribution in [3.63, 3.8) is 0 Å². The van der Waals surface area contributed by atoms with Gasteiger partial charge in [-0.15, -0.1) is 0 Å². The maximum atomic E-state index is 12.7. The molecule has 1 aliphatic heterocycles. The van der Waals surface area contributed by atoms with Crippen LogP contribution in [0, 0.1) is 5.92 Å². The highest BCUT2D eigenvalue weighted by molar-refractivity contribution is 5.93. The van der Waals surface area contributed by atoms with Gasteiger partial charge in [-0.25, -0.2) is 4.98 Å². The number of benzene rings is 1. The maximum absolute atomic E-state index is 12.7. The molecule has 6 heteroatoms. The zero-order valence-electron chi connectivity index (χ0n) is 17.2. The molecule has 6 nitrogen and oxygen atoms in total. The second-order valence-electron chi connectivity index (χ2n) is 7.53. The Labute approximate surface area is 167 Å². The second-order valence-corrected chi connectivity index (χ2v) is 7.53. The van der Waals surface area contributed by atoms with Crippen molar-refractivity contribution in [2.45, 2.75) is 32.6 Å². The number of methoxy groups -OCH3 is 1. The van der Waals surface area contributed by atoms with Gasteiger partial charge in [0.05, 0.1) is 7.11 Å². The van der Waals surface area contributed by atoms with Crippen LogP contribution >= 0.6 is 0 Å². The van der Waals surface area contributed by atoms with Crippen LogP contribution in [-0.2, 0) is 12.8 Å². The quantitative estimate of drug-likeness (QED) is 0.698. The fourth-order valence-electron chi connectivity index (χ4n) is 4.04. The molecule has 1 aromatic heterocycles. The van der Waals surface area contributed by atoms with Crippen LogP contribution in [0.5, 0.6) is 5.75 Å². The molecular weight excluding hydrogens is 354 g/mol. The Morgan fingerprint density at radius 1 is 1.39 bits per heavy atom. The van der Waals surface area contributed by atoms with Gasteiger partial charge in [-0.3, -0.25) is 4.79 Å². The number of carbonyl (C=O) groups is 1. The van der Waals surface area contributed by atoms with E-state index in [9.17, 15) is 4.79 Å². The molecule has 0 aliphatic carbocycles. The summed E-state index contributed by atoms with van der Waals surface area (Å²) in [6.45, 7) is 5.87. The largest absolute Gasteiger partial charge is 0.496 e. The predicted molar refractivity (Wildman–Crippen MR) is 109 cm³/mol. The normalized spacial score (nSPS) is 17.5. The summed E-state index contributed by atoms with van der Waals surface area (Å²) in [6.07, 6.45) is 5.34. The Morgan fingerprint density at radius 3 is 3.00 bits per heavy atom. The zero-order chi connectivity index (χ0) is 19.9. The van der Waals surface area contributed by atoms with E-state index < -0.39 is 0 Å². The average molecular weight is 386 g/mol. The minimum Gasteiger partial charge on any atom is -0.496 e. The number of nitrogens with zero attached hydrogens (tertiary/aromatic N) is 3. The molecule has 1 fully saturated rings. The summed E-state index contributed by atoms with van der Waals surface area (Å²) in [5, 5.41) is 0. The van der Waals surface area contributed by atoms with Crippen LogP contribution < -0.4 is 4.74 Å². The van der Waals surface area contributed by atoms with Gasteiger partial charge in [0.25, 0.3) is 5.91 Å². The monoisotopic (exact) mass is 385 g/mol. The molecule has 0 saturated carbocycles. The lowest BCUT2D eigenvalue weighted by molar-refractivity contribution is 0.0723. The summed E-state index contributed by atoms with van der Waals surface area (Å²) in [5.74, 6) is 2.06. The van der Waals surface area contributed by atoms with Crippen molar-refractivity contribution in [1.82, 2.24) is 14.8 Å². The minimum atomic E-state index is -0.0447. The lowest BCUT2D eigenvalue weighted by atomic mass is 9.97. The summed E-state index contributed by atoms with van der Waals surface area (Å²) >= 11 is 0. The molecule has 0 radical (unpaired) electrons. The molecule has 28 heavy (non-hydrogen) atoms. The number of amides is 1. The molecule has 0 unspecified atom stereocenters. The van der Waals surface area contributed by atoms with Crippen molar-refractivity contribution in [1.29, 1.82) is 0 Å². The van der Waals surface area contributed by atoms with Crippen molar-refractivity contribution in [2.24, 2.45) is 5.92 Å². The molecule has 2 aromatic rings. The number of rotatable bonds is 8. The van der Waals surface area contributed by atoms with Gasteiger partial charge in [-0.05, 0) is 43.4 Å². The highest BCUT2D eigenvalue weighted by Gasteiger charge is 2.25. The van der Waals surface area contributed by atoms with Crippen LogP contribution in [0.4, 0.5) is 0 Å². The number of hydrogen-bond donors (Lipinski definition) is 0. The number of hydrogen-bond acceptors (Lipinski definition) is 5. The first-order valence-corrected chi connectivity index (χ1v) is 10.1. The van der Waals surface area contributed by atoms with E-state index in [1.807, 2.05) is 26.1 Å². The van der Waals surface area contributed by atoms with Gasteiger partial charge in [-0.2, -0.15) is 0 Å². The van der Waals surface area contributed by atoms with Gasteiger partial charge in [0, 0.05) is 33.1 Å². The molecule has 0 N–H and O–H groups in total. The van der Waals surface area contributed by atoms with Crippen molar-refractivity contribution in [3.05, 3.63) is 47.7 Å². The van der Waals surface area contributed by atoms with Crippen LogP contribution in [0.1, 0.15) is 41.6 Å². The molecule has 1 aliphatic rings. The summed E-state index contributed by atoms with van der Waals surface area (Å²) in [5.41, 5.74) is 1.70. The van der Waals surface area contributed by atoms with Crippen LogP contribution in [-0.4, -0.2) is 61.0 Å². The molecule has 1 amide bonds. The summed E-state index contributed by atoms with van der Waals surface area (Å²) in [6, 6.07) is 8.22. The maximum Gasteiger partial charge on any atom is 0.275 e. The standard InChI is InChI=1S/C22H31N3O3/c1-4-19-21(23-16-28-19)22(26)24(2)14-17-8-7-12-25(15-17)13-11-18-9-5-6-10-20(18)27-3/h5-6,9-10,16-17H,4,7-8,11-15H2,1-3H3/t17-/m1/s1. The first-order chi connectivity index (χ1) is 13.6. The SMILES string of the molecule is CCc1ocnc1C(=O)N(C)C[C@H]1CCCN(CCc2ccccc2OC)C1. The number of oxazole rings is 1. The lowest BCUT2D eigenvalue weighted by Gasteiger charge is -2.34. The van der Waals surface area contributed by atoms with E-state index in [-0.39, 0.29) is 5.91 Å². The topological polar surface area (TPSA) is 58.8 Å². The van der Waals surface area contributed by atoms with Crippen molar-refractivity contribution in [2.75, 3.05) is 40.3 Å². The third-order valence-electron chi connectivity index (χ3n) is 5.54. The van der Waals surface area contributed by atoms with E-state index in [0.717, 1.165) is 44.8 Å². The molecular formula is C22H31N3O3. The molecule has 2 heterocycles. The third-order valence-corrected chi connectivity index (χ3v) is 5.54. The van der Waals surface area contributed by atoms with Crippen LogP contribution in [0.2, 0.25) is 0 Å². The van der Waals surface area contributed by atoms with Gasteiger partial charge in [-0.1, -0.05) is 25.1 Å². The van der Waals surface area contributed by atoms with E-state index in [1.165, 1.54) is 18.4 Å². The van der Waals surface area contributed by atoms with Gasteiger partial charge < -0.3 is 19.0 Å². The van der Waals surface area contributed by atoms with Crippen LogP contribution in [0.25, 0.3) is 0 Å². The number of aryl methyl sites for hydroxylation is 1. The van der Waals surface area contributed by atoms with E-state index in [1.54, 1.807) is 12.0 Å². The van der Waals surface area contributed by atoms with E-state index in [2.05, 4.69) is 22.0 Å². The van der Waals surface area contributed by atoms with Crippen LogP contribution in [0.3, 0.4) is 0 Å². The molecule has 1 atom stereocenters. The Bertz CT molecular complexity index is 774. The first-order valence-electron chi connectivity index (χ1n) is 10.1. The molecule has 0 spiro atoms. The summed E-state index contributed by atoms with van der Waals surface area (Å²) < 4.78 is 10.8. The average Bonchev–Trinajstić information content (AvgIpc) is 3.21. The predicted octanol–water partition coefficient (Wildman–Crippen LogP) is 3.27. The Morgan fingerprint density at radius 2 is 2.21 bits per heavy atom. The zero-order valence-corrected chi connectivity index (χ0v) is 17.2. The Balaban J connectivity index is 1.52. The van der Waals surface area contributed by atoms with Crippen molar-refractivity contribution < 1.29 is 13.9 Å². The molecule has 1 saturated heterocycles. The Hall–Kier alpha value is -2.34. The highest BCUT2D eigenvalue weighted by atomic mass is 16.5. The molecule has 0 bridgehead atoms. The van der Waals surface area contributed by atoms with E-state index in [4.69, 9.17) is 9.15 Å². The number of carbonyl (C=O) groups excluding carboxylic acids is 1. The van der Waals surface area contributed by atoms with E-state index in [0.29, 0.717) is 23.8 Å². The third kappa shape index (κ3) is 4.93. The molecule has 152 valence electrons. The second kappa shape index (κ2) is 9.73. The van der Waals surface area contributed by atoms with Gasteiger partial charge in [0.15, 0.2) is 12.1 Å². The molecule has 1 aromatic carbocycles. The first kappa shape index (κ1) is 20.4. The van der Waals surface area contributed by atoms with Crippen molar-refractivity contribution >= 4 is 5.91 Å². The van der Waals surface area contributed by atoms with Gasteiger partial charge >= 0.3 is 0 Å². The summed E-state index contributed by atoms with van der Waals surface area (Å²) in [4.78, 5) is 21.1. The number of piperidine rings is 1. The smallest absolute Gasteiger partial charge is 0.275 e. The number of ether oxygens (including phenoxy) is 1. The molecule has 3 rings (SSSR count). The number of para-hydroxylation sites is 1. The van der Waals surface area contributed by atoms with E-state index >= 15 is 0 Å². The lowest BCUT2D eigenvalue weighted by Crippen LogP contribution is -2.42. The minimum absolute atomic E-state index is 0.0447. The number of likely N-dealkylation sites (tertiary alicyclic amines) is 1. The van der Waals surface area contributed by atoms with Gasteiger partial charge in [0.1, 0.15) is 11.5 Å². The fraction of sp³-hybridized carbons (Fsp3) is 0.545. The Kier molecular flexibility index (Phi) is 7.09. The summed E-state index contributed by atoms with van der Waals surface area (Å²) in [7, 11) is 3.59. The van der Waals surface area contributed by atoms with Crippen molar-refractivity contribution in [3.8, 4) is 5.75 Å². The number of aromatic nitrogens is 1. The highest BCUT2D eigenvalue weighted by Crippen LogP contribution is 2.22. The van der Waals surface area contributed by atoms with Crippen LogP contribution in [0.15, 0.2) is 35.1 Å².